The Hall–Kier alpha value is -6.32. The summed E-state index contributed by atoms with van der Waals surface area (Å²) in [5.41, 5.74) is 0. The van der Waals surface area contributed by atoms with Crippen LogP contribution in [0.5, 0.6) is 0 Å². The van der Waals surface area contributed by atoms with E-state index in [1.807, 2.05) is 0 Å². The first-order valence-electron chi connectivity index (χ1n) is 25.6. The molecule has 0 bridgehead atoms. The van der Waals surface area contributed by atoms with E-state index in [1.165, 1.54) is 63.7 Å². The van der Waals surface area contributed by atoms with E-state index < -0.39 is 31.7 Å². The van der Waals surface area contributed by atoms with Crippen LogP contribution < -0.4 is 63.7 Å². The Morgan fingerprint density at radius 1 is 0.103 bits per heavy atom. The summed E-state index contributed by atoms with van der Waals surface area (Å²) in [5.74, 6) is 0. The predicted octanol–water partition coefficient (Wildman–Crippen LogP) is 13.8. The Bertz CT molecular complexity index is 2580. The summed E-state index contributed by atoms with van der Waals surface area (Å²) in [7, 11) is -1.78. The van der Waals surface area contributed by atoms with E-state index in [0.29, 0.717) is 0 Å². The molecule has 0 unspecified atom stereocenters. The van der Waals surface area contributed by atoms with Crippen molar-refractivity contribution in [2.24, 2.45) is 0 Å². The van der Waals surface area contributed by atoms with Crippen molar-refractivity contribution in [3.8, 4) is 0 Å². The predicted molar refractivity (Wildman–Crippen MR) is 341 cm³/mol. The molecule has 0 saturated carbocycles. The van der Waals surface area contributed by atoms with Crippen LogP contribution >= 0.6 is 31.7 Å². The summed E-state index contributed by atoms with van der Waals surface area (Å²) in [6.45, 7) is 0. The van der Waals surface area contributed by atoms with Crippen LogP contribution in [0.15, 0.2) is 364 Å². The minimum absolute atomic E-state index is 0. The fraction of sp³-hybridized carbons (Fsp3) is 0. The van der Waals surface area contributed by atoms with Gasteiger partial charge in [0.25, 0.3) is 0 Å². The average Bonchev–Trinajstić information content (AvgIpc) is 3.51. The molecule has 0 aromatic heterocycles. The van der Waals surface area contributed by atoms with E-state index in [9.17, 15) is 0 Å². The minimum atomic E-state index is -0.446. The molecule has 78 heavy (non-hydrogen) atoms. The third kappa shape index (κ3) is 17.3. The Morgan fingerprint density at radius 3 is 0.231 bits per heavy atom. The van der Waals surface area contributed by atoms with Crippen LogP contribution in [0.1, 0.15) is 0 Å². The van der Waals surface area contributed by atoms with Crippen molar-refractivity contribution in [3.63, 3.8) is 0 Å². The Morgan fingerprint density at radius 2 is 0.167 bits per heavy atom. The standard InChI is InChI=1S/4C18H15P.2Pd/c4*1-4-10-16(11-5-1)19(17-12-6-2-7-13-17)18-14-8-3-9-15-18;;/h4*1-15H;;. The van der Waals surface area contributed by atoms with Gasteiger partial charge in [-0.25, -0.2) is 0 Å². The Kier molecular flexibility index (Phi) is 25.3. The summed E-state index contributed by atoms with van der Waals surface area (Å²) < 4.78 is 0. The van der Waals surface area contributed by atoms with Gasteiger partial charge < -0.3 is 0 Å². The zero-order chi connectivity index (χ0) is 51.7. The summed E-state index contributed by atoms with van der Waals surface area (Å²) >= 11 is 0. The zero-order valence-electron chi connectivity index (χ0n) is 43.1. The summed E-state index contributed by atoms with van der Waals surface area (Å²) in [5, 5.41) is 16.8. The van der Waals surface area contributed by atoms with E-state index in [-0.39, 0.29) is 40.8 Å². The van der Waals surface area contributed by atoms with Crippen LogP contribution in [0.4, 0.5) is 0 Å². The molecule has 0 atom stereocenters. The van der Waals surface area contributed by atoms with Crippen LogP contribution in [-0.4, -0.2) is 0 Å². The molecule has 12 rings (SSSR count). The monoisotopic (exact) mass is 1260 g/mol. The smallest absolute Gasteiger partial charge is 0 e. The summed E-state index contributed by atoms with van der Waals surface area (Å²) in [6, 6.07) is 129. The number of hydrogen-bond donors (Lipinski definition) is 0. The molecule has 0 radical (unpaired) electrons. The number of rotatable bonds is 12. The van der Waals surface area contributed by atoms with Gasteiger partial charge in [0.1, 0.15) is 0 Å². The third-order valence-corrected chi connectivity index (χ3v) is 21.9. The molecule has 388 valence electrons. The molecule has 6 heteroatoms. The second-order valence-electron chi connectivity index (χ2n) is 17.4. The molecule has 0 amide bonds. The Balaban J connectivity index is 0.000000149. The van der Waals surface area contributed by atoms with Crippen molar-refractivity contribution < 1.29 is 40.8 Å². The molecule has 0 aliphatic carbocycles. The van der Waals surface area contributed by atoms with Crippen molar-refractivity contribution >= 4 is 95.3 Å². The molecule has 12 aromatic rings. The zero-order valence-corrected chi connectivity index (χ0v) is 49.7. The quantitative estimate of drug-likeness (QED) is 0.0845. The van der Waals surface area contributed by atoms with Gasteiger partial charge in [0.15, 0.2) is 0 Å². The van der Waals surface area contributed by atoms with Gasteiger partial charge in [-0.15, -0.1) is 0 Å². The topological polar surface area (TPSA) is 0 Å². The van der Waals surface area contributed by atoms with Gasteiger partial charge in [0, 0.05) is 40.8 Å². The molecule has 0 heterocycles. The maximum atomic E-state index is 2.23. The van der Waals surface area contributed by atoms with E-state index in [0.717, 1.165) is 0 Å². The first-order chi connectivity index (χ1) is 37.8. The molecule has 0 aliphatic rings. The van der Waals surface area contributed by atoms with Gasteiger partial charge in [0.05, 0.1) is 0 Å². The summed E-state index contributed by atoms with van der Waals surface area (Å²) in [4.78, 5) is 0. The fourth-order valence-electron chi connectivity index (χ4n) is 8.71. The van der Waals surface area contributed by atoms with Crippen molar-refractivity contribution in [3.05, 3.63) is 364 Å². The third-order valence-electron chi connectivity index (χ3n) is 12.2. The van der Waals surface area contributed by atoms with E-state index in [4.69, 9.17) is 0 Å². The first kappa shape index (κ1) is 59.3. The maximum absolute atomic E-state index is 2.23. The molecule has 12 aromatic carbocycles. The van der Waals surface area contributed by atoms with Gasteiger partial charge in [0.2, 0.25) is 0 Å². The van der Waals surface area contributed by atoms with E-state index in [2.05, 4.69) is 364 Å². The second-order valence-corrected chi connectivity index (χ2v) is 26.2. The van der Waals surface area contributed by atoms with Crippen LogP contribution in [0.3, 0.4) is 0 Å². The molecule has 0 spiro atoms. The van der Waals surface area contributed by atoms with Crippen LogP contribution in [-0.2, 0) is 40.8 Å². The van der Waals surface area contributed by atoms with Gasteiger partial charge >= 0.3 is 0 Å². The molecule has 0 aliphatic heterocycles. The van der Waals surface area contributed by atoms with Crippen molar-refractivity contribution in [1.29, 1.82) is 0 Å². The van der Waals surface area contributed by atoms with E-state index in [1.54, 1.807) is 0 Å². The number of hydrogen-bond acceptors (Lipinski definition) is 0. The summed E-state index contributed by atoms with van der Waals surface area (Å²) in [6.07, 6.45) is 0. The molecule has 0 saturated heterocycles. The molecule has 0 N–H and O–H groups in total. The minimum Gasteiger partial charge on any atom is -0.0622 e. The van der Waals surface area contributed by atoms with E-state index >= 15 is 0 Å². The van der Waals surface area contributed by atoms with Gasteiger partial charge in [-0.05, 0) is 95.3 Å². The van der Waals surface area contributed by atoms with Gasteiger partial charge in [-0.3, -0.25) is 0 Å². The second kappa shape index (κ2) is 33.2. The van der Waals surface area contributed by atoms with Gasteiger partial charge in [-0.2, -0.15) is 0 Å². The molecule has 0 fully saturated rings. The van der Waals surface area contributed by atoms with Crippen LogP contribution in [0.2, 0.25) is 0 Å². The van der Waals surface area contributed by atoms with Crippen molar-refractivity contribution in [2.75, 3.05) is 0 Å². The molecule has 0 nitrogen and oxygen atoms in total. The normalized spacial score (nSPS) is 10.3. The first-order valence-corrected chi connectivity index (χ1v) is 31.0. The van der Waals surface area contributed by atoms with Crippen LogP contribution in [0.25, 0.3) is 0 Å². The average molecular weight is 1260 g/mol. The van der Waals surface area contributed by atoms with Crippen molar-refractivity contribution in [2.45, 2.75) is 0 Å². The fourth-order valence-corrected chi connectivity index (χ4v) is 17.9. The number of benzene rings is 12. The molecular formula is C72H60P4Pd2. The largest absolute Gasteiger partial charge is 0.0622 e. The molecular weight excluding hydrogens is 1200 g/mol. The van der Waals surface area contributed by atoms with Gasteiger partial charge in [-0.1, -0.05) is 364 Å². The van der Waals surface area contributed by atoms with Crippen LogP contribution in [0, 0.1) is 0 Å². The van der Waals surface area contributed by atoms with Crippen molar-refractivity contribution in [1.82, 2.24) is 0 Å². The maximum Gasteiger partial charge on any atom is 0 e. The SMILES string of the molecule is [Pd].[Pd].c1ccc(P(c2ccccc2)c2ccccc2)cc1.c1ccc(P(c2ccccc2)c2ccccc2)cc1.c1ccc(P(c2ccccc2)c2ccccc2)cc1.c1ccc(P(c2ccccc2)c2ccccc2)cc1. The Labute approximate surface area is 496 Å².